The highest BCUT2D eigenvalue weighted by Crippen LogP contribution is 2.10. The Kier molecular flexibility index (Phi) is 4.12. The third-order valence-electron chi connectivity index (χ3n) is 2.70. The first-order chi connectivity index (χ1) is 8.65. The molecule has 1 aromatic carbocycles. The fourth-order valence-corrected chi connectivity index (χ4v) is 1.95. The van der Waals surface area contributed by atoms with E-state index < -0.39 is 0 Å². The van der Waals surface area contributed by atoms with E-state index in [2.05, 4.69) is 11.9 Å². The molecule has 1 heterocycles. The van der Waals surface area contributed by atoms with Gasteiger partial charge in [0, 0.05) is 12.1 Å². The Balaban J connectivity index is 1.94. The fraction of sp³-hybridized carbons (Fsp3) is 0.214. The van der Waals surface area contributed by atoms with Gasteiger partial charge in [0.25, 0.3) is 0 Å². The van der Waals surface area contributed by atoms with Crippen molar-refractivity contribution in [2.24, 2.45) is 5.73 Å². The van der Waals surface area contributed by atoms with Crippen molar-refractivity contribution < 1.29 is 4.42 Å². The summed E-state index contributed by atoms with van der Waals surface area (Å²) in [6, 6.07) is 11.9. The second-order valence-corrected chi connectivity index (χ2v) is 4.75. The normalized spacial score (nSPS) is 10.8. The van der Waals surface area contributed by atoms with E-state index in [1.54, 1.807) is 6.26 Å². The van der Waals surface area contributed by atoms with Crippen LogP contribution in [0.3, 0.4) is 0 Å². The summed E-state index contributed by atoms with van der Waals surface area (Å²) in [7, 11) is 2.06. The molecule has 0 aliphatic heterocycles. The van der Waals surface area contributed by atoms with Gasteiger partial charge < -0.3 is 10.2 Å². The first-order valence-electron chi connectivity index (χ1n) is 5.75. The fourth-order valence-electron chi connectivity index (χ4n) is 1.81. The van der Waals surface area contributed by atoms with Gasteiger partial charge in [-0.2, -0.15) is 0 Å². The molecular formula is C14H16N2OS. The smallest absolute Gasteiger partial charge is 0.117 e. The Bertz CT molecular complexity index is 505. The quantitative estimate of drug-likeness (QED) is 0.839. The van der Waals surface area contributed by atoms with Crippen LogP contribution < -0.4 is 5.73 Å². The molecule has 0 atom stereocenters. The minimum absolute atomic E-state index is 0.436. The van der Waals surface area contributed by atoms with Crippen molar-refractivity contribution in [1.82, 2.24) is 4.90 Å². The van der Waals surface area contributed by atoms with Crippen LogP contribution in [0.4, 0.5) is 0 Å². The molecule has 0 aliphatic rings. The van der Waals surface area contributed by atoms with Crippen LogP contribution in [-0.4, -0.2) is 16.9 Å². The predicted molar refractivity (Wildman–Crippen MR) is 76.2 cm³/mol. The Hall–Kier alpha value is -1.65. The van der Waals surface area contributed by atoms with E-state index in [1.165, 1.54) is 5.56 Å². The minimum atomic E-state index is 0.436. The third kappa shape index (κ3) is 3.42. The molecule has 0 saturated carbocycles. The van der Waals surface area contributed by atoms with E-state index >= 15 is 0 Å². The molecule has 1 aromatic heterocycles. The average molecular weight is 260 g/mol. The van der Waals surface area contributed by atoms with E-state index in [-0.39, 0.29) is 0 Å². The number of nitrogens with two attached hydrogens (primary N) is 1. The van der Waals surface area contributed by atoms with Gasteiger partial charge in [-0.15, -0.1) is 0 Å². The number of hydrogen-bond acceptors (Lipinski definition) is 3. The maximum absolute atomic E-state index is 5.56. The molecule has 2 N–H and O–H groups in total. The summed E-state index contributed by atoms with van der Waals surface area (Å²) in [4.78, 5) is 2.62. The Morgan fingerprint density at radius 1 is 1.22 bits per heavy atom. The lowest BCUT2D eigenvalue weighted by Gasteiger charge is -2.15. The summed E-state index contributed by atoms with van der Waals surface area (Å²) in [5.41, 5.74) is 7.70. The molecule has 2 rings (SSSR count). The van der Waals surface area contributed by atoms with Gasteiger partial charge in [-0.3, -0.25) is 4.90 Å². The van der Waals surface area contributed by atoms with Gasteiger partial charge in [0.2, 0.25) is 0 Å². The van der Waals surface area contributed by atoms with Crippen molar-refractivity contribution in [1.29, 1.82) is 0 Å². The van der Waals surface area contributed by atoms with Crippen LogP contribution in [0.2, 0.25) is 0 Å². The molecule has 18 heavy (non-hydrogen) atoms. The summed E-state index contributed by atoms with van der Waals surface area (Å²) < 4.78 is 5.32. The highest BCUT2D eigenvalue weighted by atomic mass is 32.1. The SMILES string of the molecule is CN(Cc1ccc(C(N)=S)cc1)Cc1ccco1. The number of rotatable bonds is 5. The van der Waals surface area contributed by atoms with Crippen LogP contribution in [0.1, 0.15) is 16.9 Å². The van der Waals surface area contributed by atoms with Crippen molar-refractivity contribution in [2.45, 2.75) is 13.1 Å². The Morgan fingerprint density at radius 2 is 1.94 bits per heavy atom. The van der Waals surface area contributed by atoms with Crippen molar-refractivity contribution in [3.8, 4) is 0 Å². The topological polar surface area (TPSA) is 42.4 Å². The van der Waals surface area contributed by atoms with Crippen LogP contribution in [0, 0.1) is 0 Å². The average Bonchev–Trinajstić information content (AvgIpc) is 2.82. The van der Waals surface area contributed by atoms with Crippen molar-refractivity contribution in [3.63, 3.8) is 0 Å². The zero-order valence-electron chi connectivity index (χ0n) is 10.3. The Labute approximate surface area is 112 Å². The zero-order chi connectivity index (χ0) is 13.0. The molecule has 0 aliphatic carbocycles. The number of nitrogens with zero attached hydrogens (tertiary/aromatic N) is 1. The third-order valence-corrected chi connectivity index (χ3v) is 2.93. The number of benzene rings is 1. The van der Waals surface area contributed by atoms with Crippen LogP contribution in [0.15, 0.2) is 47.1 Å². The molecule has 3 nitrogen and oxygen atoms in total. The van der Waals surface area contributed by atoms with Gasteiger partial charge in [0.15, 0.2) is 0 Å². The molecule has 0 saturated heterocycles. The maximum atomic E-state index is 5.56. The van der Waals surface area contributed by atoms with E-state index in [0.29, 0.717) is 4.99 Å². The van der Waals surface area contributed by atoms with Gasteiger partial charge >= 0.3 is 0 Å². The molecule has 0 bridgehead atoms. The summed E-state index contributed by atoms with van der Waals surface area (Å²) in [5, 5.41) is 0. The van der Waals surface area contributed by atoms with Gasteiger partial charge in [0.1, 0.15) is 10.7 Å². The van der Waals surface area contributed by atoms with Gasteiger partial charge in [-0.25, -0.2) is 0 Å². The largest absolute Gasteiger partial charge is 0.468 e. The van der Waals surface area contributed by atoms with E-state index in [4.69, 9.17) is 22.4 Å². The van der Waals surface area contributed by atoms with Gasteiger partial charge in [-0.05, 0) is 24.7 Å². The zero-order valence-corrected chi connectivity index (χ0v) is 11.1. The standard InChI is InChI=1S/C14H16N2OS/c1-16(10-13-3-2-8-17-13)9-11-4-6-12(7-5-11)14(15)18/h2-8H,9-10H2,1H3,(H2,15,18). The van der Waals surface area contributed by atoms with Crippen LogP contribution in [0.5, 0.6) is 0 Å². The monoisotopic (exact) mass is 260 g/mol. The molecule has 2 aromatic rings. The van der Waals surface area contributed by atoms with Crippen LogP contribution in [-0.2, 0) is 13.1 Å². The number of hydrogen-bond donors (Lipinski definition) is 1. The summed E-state index contributed by atoms with van der Waals surface area (Å²) in [6.45, 7) is 1.66. The first kappa shape index (κ1) is 12.8. The molecule has 94 valence electrons. The molecule has 4 heteroatoms. The van der Waals surface area contributed by atoms with E-state index in [1.807, 2.05) is 36.4 Å². The number of thiocarbonyl (C=S) groups is 1. The number of furan rings is 1. The first-order valence-corrected chi connectivity index (χ1v) is 6.15. The molecule has 0 spiro atoms. The highest BCUT2D eigenvalue weighted by molar-refractivity contribution is 7.80. The molecule has 0 amide bonds. The summed E-state index contributed by atoms with van der Waals surface area (Å²) >= 11 is 4.92. The highest BCUT2D eigenvalue weighted by Gasteiger charge is 2.04. The minimum Gasteiger partial charge on any atom is -0.468 e. The van der Waals surface area contributed by atoms with Crippen molar-refractivity contribution in [3.05, 3.63) is 59.5 Å². The maximum Gasteiger partial charge on any atom is 0.117 e. The van der Waals surface area contributed by atoms with Crippen molar-refractivity contribution >= 4 is 17.2 Å². The Morgan fingerprint density at radius 3 is 2.50 bits per heavy atom. The molecule has 0 radical (unpaired) electrons. The van der Waals surface area contributed by atoms with Crippen LogP contribution in [0.25, 0.3) is 0 Å². The second-order valence-electron chi connectivity index (χ2n) is 4.31. The summed E-state index contributed by atoms with van der Waals surface area (Å²) in [5.74, 6) is 0.970. The van der Waals surface area contributed by atoms with Crippen molar-refractivity contribution in [2.75, 3.05) is 7.05 Å². The predicted octanol–water partition coefficient (Wildman–Crippen LogP) is 2.55. The van der Waals surface area contributed by atoms with Gasteiger partial charge in [0.05, 0.1) is 12.8 Å². The molecular weight excluding hydrogens is 244 g/mol. The van der Waals surface area contributed by atoms with E-state index in [9.17, 15) is 0 Å². The molecule has 0 unspecified atom stereocenters. The van der Waals surface area contributed by atoms with Crippen LogP contribution >= 0.6 is 12.2 Å². The molecule has 0 fully saturated rings. The summed E-state index contributed by atoms with van der Waals surface area (Å²) in [6.07, 6.45) is 1.69. The lowest BCUT2D eigenvalue weighted by atomic mass is 10.1. The lowest BCUT2D eigenvalue weighted by molar-refractivity contribution is 0.288. The lowest BCUT2D eigenvalue weighted by Crippen LogP contribution is -2.17. The van der Waals surface area contributed by atoms with E-state index in [0.717, 1.165) is 24.4 Å². The van der Waals surface area contributed by atoms with Gasteiger partial charge in [-0.1, -0.05) is 36.5 Å². The second kappa shape index (κ2) is 5.80.